The Morgan fingerprint density at radius 1 is 1.24 bits per heavy atom. The first kappa shape index (κ1) is 14.6. The Morgan fingerprint density at radius 3 is 2.53 bits per heavy atom. The van der Waals surface area contributed by atoms with Gasteiger partial charge in [-0.25, -0.2) is 0 Å². The molecule has 3 heteroatoms. The van der Waals surface area contributed by atoms with Crippen molar-refractivity contribution in [3.63, 3.8) is 0 Å². The van der Waals surface area contributed by atoms with E-state index in [2.05, 4.69) is 43.4 Å². The van der Waals surface area contributed by atoms with Crippen molar-refractivity contribution >= 4 is 11.8 Å². The highest BCUT2D eigenvalue weighted by atomic mass is 32.2. The molecule has 1 rings (SSSR count). The van der Waals surface area contributed by atoms with E-state index in [1.807, 2.05) is 18.8 Å². The second kappa shape index (κ2) is 8.56. The molecule has 0 aliphatic rings. The lowest BCUT2D eigenvalue weighted by Gasteiger charge is -2.07. The van der Waals surface area contributed by atoms with Gasteiger partial charge in [-0.05, 0) is 30.7 Å². The zero-order valence-corrected chi connectivity index (χ0v) is 11.8. The molecule has 2 nitrogen and oxygen atoms in total. The molecule has 0 aliphatic carbocycles. The first-order valence-electron chi connectivity index (χ1n) is 6.16. The highest BCUT2D eigenvalue weighted by Gasteiger charge is 1.97. The van der Waals surface area contributed by atoms with Crippen molar-refractivity contribution in [1.29, 1.82) is 0 Å². The normalized spacial score (nSPS) is 11.1. The minimum atomic E-state index is 0.626. The van der Waals surface area contributed by atoms with Gasteiger partial charge in [-0.15, -0.1) is 11.8 Å². The van der Waals surface area contributed by atoms with Gasteiger partial charge in [-0.2, -0.15) is 0 Å². The lowest BCUT2D eigenvalue weighted by Crippen LogP contribution is -2.05. The molecular weight excluding hydrogens is 230 g/mol. The van der Waals surface area contributed by atoms with E-state index in [1.165, 1.54) is 10.5 Å². The summed E-state index contributed by atoms with van der Waals surface area (Å²) in [5.41, 5.74) is 1.33. The summed E-state index contributed by atoms with van der Waals surface area (Å²) in [5.74, 6) is 1.65. The Labute approximate surface area is 109 Å². The summed E-state index contributed by atoms with van der Waals surface area (Å²) in [6.45, 7) is 6.98. The lowest BCUT2D eigenvalue weighted by molar-refractivity contribution is 0.124. The molecule has 0 bridgehead atoms. The van der Waals surface area contributed by atoms with Crippen LogP contribution < -0.4 is 5.32 Å². The van der Waals surface area contributed by atoms with Gasteiger partial charge in [-0.3, -0.25) is 0 Å². The molecule has 0 unspecified atom stereocenters. The highest BCUT2D eigenvalue weighted by molar-refractivity contribution is 7.99. The number of benzene rings is 1. The molecule has 17 heavy (non-hydrogen) atoms. The van der Waals surface area contributed by atoms with Gasteiger partial charge in [0.1, 0.15) is 0 Å². The Bertz CT molecular complexity index is 298. The Kier molecular flexibility index (Phi) is 7.33. The molecule has 0 heterocycles. The smallest absolute Gasteiger partial charge is 0.0560 e. The summed E-state index contributed by atoms with van der Waals surface area (Å²) < 4.78 is 5.55. The largest absolute Gasteiger partial charge is 0.380 e. The average Bonchev–Trinajstić information content (AvgIpc) is 2.31. The van der Waals surface area contributed by atoms with Crippen molar-refractivity contribution in [2.45, 2.75) is 25.3 Å². The molecule has 1 aromatic carbocycles. The number of hydrogen-bond acceptors (Lipinski definition) is 3. The van der Waals surface area contributed by atoms with Crippen molar-refractivity contribution in [2.24, 2.45) is 5.92 Å². The van der Waals surface area contributed by atoms with Crippen LogP contribution in [0.4, 0.5) is 0 Å². The zero-order chi connectivity index (χ0) is 12.5. The third-order valence-electron chi connectivity index (χ3n) is 2.25. The molecule has 0 amide bonds. The van der Waals surface area contributed by atoms with Crippen LogP contribution >= 0.6 is 11.8 Å². The van der Waals surface area contributed by atoms with E-state index in [4.69, 9.17) is 4.74 Å². The molecule has 0 saturated heterocycles. The minimum absolute atomic E-state index is 0.626. The third-order valence-corrected chi connectivity index (χ3v) is 3.23. The lowest BCUT2D eigenvalue weighted by atomic mass is 10.2. The van der Waals surface area contributed by atoms with Crippen LogP contribution in [0.25, 0.3) is 0 Å². The fourth-order valence-electron chi connectivity index (χ4n) is 1.45. The molecule has 96 valence electrons. The van der Waals surface area contributed by atoms with Crippen molar-refractivity contribution < 1.29 is 4.74 Å². The van der Waals surface area contributed by atoms with Crippen LogP contribution in [-0.2, 0) is 11.3 Å². The minimum Gasteiger partial charge on any atom is -0.380 e. The third kappa shape index (κ3) is 6.71. The number of hydrogen-bond donors (Lipinski definition) is 1. The molecule has 0 radical (unpaired) electrons. The van der Waals surface area contributed by atoms with Crippen LogP contribution in [-0.4, -0.2) is 26.0 Å². The van der Waals surface area contributed by atoms with E-state index in [0.29, 0.717) is 5.92 Å². The maximum Gasteiger partial charge on any atom is 0.0560 e. The summed E-state index contributed by atoms with van der Waals surface area (Å²) in [4.78, 5) is 1.32. The van der Waals surface area contributed by atoms with Crippen molar-refractivity contribution in [3.8, 4) is 0 Å². The zero-order valence-electron chi connectivity index (χ0n) is 11.0. The highest BCUT2D eigenvalue weighted by Crippen LogP contribution is 2.18. The van der Waals surface area contributed by atoms with Gasteiger partial charge >= 0.3 is 0 Å². The van der Waals surface area contributed by atoms with Crippen LogP contribution in [0, 0.1) is 5.92 Å². The molecule has 0 aromatic heterocycles. The molecule has 0 atom stereocenters. The maximum atomic E-state index is 5.55. The van der Waals surface area contributed by atoms with Crippen molar-refractivity contribution in [3.05, 3.63) is 29.8 Å². The fourth-order valence-corrected chi connectivity index (χ4v) is 2.21. The topological polar surface area (TPSA) is 21.3 Å². The molecule has 1 aromatic rings. The van der Waals surface area contributed by atoms with Gasteiger partial charge in [0.25, 0.3) is 0 Å². The van der Waals surface area contributed by atoms with E-state index in [0.717, 1.165) is 25.5 Å². The van der Waals surface area contributed by atoms with Crippen LogP contribution in [0.15, 0.2) is 29.2 Å². The number of nitrogens with one attached hydrogen (secondary N) is 1. The molecule has 0 fully saturated rings. The van der Waals surface area contributed by atoms with Crippen LogP contribution in [0.1, 0.15) is 19.4 Å². The maximum absolute atomic E-state index is 5.55. The van der Waals surface area contributed by atoms with Gasteiger partial charge in [0.2, 0.25) is 0 Å². The predicted octanol–water partition coefficient (Wildman–Crippen LogP) is 3.17. The molecule has 0 spiro atoms. The van der Waals surface area contributed by atoms with Gasteiger partial charge in [0, 0.05) is 23.8 Å². The van der Waals surface area contributed by atoms with Gasteiger partial charge < -0.3 is 10.1 Å². The van der Waals surface area contributed by atoms with Crippen LogP contribution in [0.5, 0.6) is 0 Å². The molecule has 1 N–H and O–H groups in total. The van der Waals surface area contributed by atoms with E-state index >= 15 is 0 Å². The van der Waals surface area contributed by atoms with E-state index in [9.17, 15) is 0 Å². The first-order valence-corrected chi connectivity index (χ1v) is 7.15. The second-order valence-electron chi connectivity index (χ2n) is 4.49. The Morgan fingerprint density at radius 2 is 1.94 bits per heavy atom. The summed E-state index contributed by atoms with van der Waals surface area (Å²) in [6, 6.07) is 8.71. The molecule has 0 saturated carbocycles. The molecule has 0 aliphatic heterocycles. The van der Waals surface area contributed by atoms with Gasteiger partial charge in [-0.1, -0.05) is 26.0 Å². The Balaban J connectivity index is 2.18. The summed E-state index contributed by atoms with van der Waals surface area (Å²) in [5, 5.41) is 3.15. The summed E-state index contributed by atoms with van der Waals surface area (Å²) >= 11 is 1.85. The summed E-state index contributed by atoms with van der Waals surface area (Å²) in [6.07, 6.45) is 0. The van der Waals surface area contributed by atoms with E-state index in [-0.39, 0.29) is 0 Å². The van der Waals surface area contributed by atoms with Crippen molar-refractivity contribution in [2.75, 3.05) is 26.0 Å². The van der Waals surface area contributed by atoms with E-state index in [1.54, 1.807) is 0 Å². The SMILES string of the molecule is CNCc1ccc(SCCOCC(C)C)cc1. The monoisotopic (exact) mass is 253 g/mol. The number of rotatable bonds is 8. The average molecular weight is 253 g/mol. The van der Waals surface area contributed by atoms with Gasteiger partial charge in [0.05, 0.1) is 6.61 Å². The van der Waals surface area contributed by atoms with Gasteiger partial charge in [0.15, 0.2) is 0 Å². The Hall–Kier alpha value is -0.510. The first-order chi connectivity index (χ1) is 8.22. The number of thioether (sulfide) groups is 1. The van der Waals surface area contributed by atoms with E-state index < -0.39 is 0 Å². The fraction of sp³-hybridized carbons (Fsp3) is 0.571. The second-order valence-corrected chi connectivity index (χ2v) is 5.66. The summed E-state index contributed by atoms with van der Waals surface area (Å²) in [7, 11) is 1.97. The van der Waals surface area contributed by atoms with Crippen LogP contribution in [0.2, 0.25) is 0 Å². The standard InChI is InChI=1S/C14H23NOS/c1-12(2)11-16-8-9-17-14-6-4-13(5-7-14)10-15-3/h4-7,12,15H,8-11H2,1-3H3. The van der Waals surface area contributed by atoms with Crippen molar-refractivity contribution in [1.82, 2.24) is 5.32 Å². The number of ether oxygens (including phenoxy) is 1. The van der Waals surface area contributed by atoms with Crippen LogP contribution in [0.3, 0.4) is 0 Å². The quantitative estimate of drug-likeness (QED) is 0.568. The molecular formula is C14H23NOS. The predicted molar refractivity (Wildman–Crippen MR) is 75.6 cm³/mol.